The molecule has 1 rings (SSSR count). The van der Waals surface area contributed by atoms with Crippen molar-refractivity contribution in [3.05, 3.63) is 29.8 Å². The van der Waals surface area contributed by atoms with Gasteiger partial charge >= 0.3 is 5.97 Å². The van der Waals surface area contributed by atoms with Gasteiger partial charge in [0.05, 0.1) is 18.1 Å². The van der Waals surface area contributed by atoms with E-state index in [1.54, 1.807) is 12.1 Å². The minimum absolute atomic E-state index is 0.0232. The van der Waals surface area contributed by atoms with E-state index in [1.807, 2.05) is 20.8 Å². The molecule has 26 heavy (non-hydrogen) atoms. The third kappa shape index (κ3) is 8.27. The third-order valence-corrected chi connectivity index (χ3v) is 4.82. The summed E-state index contributed by atoms with van der Waals surface area (Å²) < 4.78 is 45.8. The second-order valence-electron chi connectivity index (χ2n) is 5.80. The molecule has 0 aliphatic heterocycles. The van der Waals surface area contributed by atoms with Gasteiger partial charge in [0, 0.05) is 32.5 Å². The van der Waals surface area contributed by atoms with Crippen LogP contribution in [0, 0.1) is 12.8 Å². The smallest absolute Gasteiger partial charge is 0.302 e. The molecule has 0 unspecified atom stereocenters. The molecule has 1 aromatic rings. The van der Waals surface area contributed by atoms with Crippen LogP contribution in [0.2, 0.25) is 0 Å². The van der Waals surface area contributed by atoms with Gasteiger partial charge in [0.15, 0.2) is 6.29 Å². The van der Waals surface area contributed by atoms with Crippen LogP contribution in [0.4, 0.5) is 0 Å². The number of carbonyl (C=O) groups excluding carboxylic acids is 1. The second-order valence-corrected chi connectivity index (χ2v) is 7.41. The van der Waals surface area contributed by atoms with E-state index in [4.69, 9.17) is 18.4 Å². The lowest BCUT2D eigenvalue weighted by molar-refractivity contribution is -0.156. The average Bonchev–Trinajstić information content (AvgIpc) is 2.58. The summed E-state index contributed by atoms with van der Waals surface area (Å²) in [4.78, 5) is 11.2. The summed E-state index contributed by atoms with van der Waals surface area (Å²) in [7, 11) is -3.89. The number of ether oxygens (including phenoxy) is 3. The van der Waals surface area contributed by atoms with Crippen LogP contribution in [0.5, 0.6) is 0 Å². The van der Waals surface area contributed by atoms with Crippen molar-refractivity contribution >= 4 is 16.1 Å². The topological polar surface area (TPSA) is 88.1 Å². The Bertz CT molecular complexity index is 634. The number of hydrogen-bond donors (Lipinski definition) is 0. The monoisotopic (exact) mass is 388 g/mol. The highest BCUT2D eigenvalue weighted by molar-refractivity contribution is 7.86. The first-order valence-electron chi connectivity index (χ1n) is 8.61. The molecule has 148 valence electrons. The lowest BCUT2D eigenvalue weighted by Crippen LogP contribution is -2.28. The number of aryl methyl sites for hydroxylation is 1. The Kier molecular flexibility index (Phi) is 9.79. The number of rotatable bonds is 12. The van der Waals surface area contributed by atoms with Gasteiger partial charge in [-0.25, -0.2) is 0 Å². The van der Waals surface area contributed by atoms with Crippen molar-refractivity contribution in [1.82, 2.24) is 0 Å². The van der Waals surface area contributed by atoms with E-state index < -0.39 is 22.4 Å². The third-order valence-electron chi connectivity index (χ3n) is 3.52. The van der Waals surface area contributed by atoms with Crippen LogP contribution < -0.4 is 0 Å². The largest absolute Gasteiger partial charge is 0.465 e. The predicted molar refractivity (Wildman–Crippen MR) is 96.1 cm³/mol. The molecule has 0 aliphatic rings. The zero-order valence-corrected chi connectivity index (χ0v) is 16.6. The highest BCUT2D eigenvalue weighted by Gasteiger charge is 2.23. The molecular formula is C18H28O7S. The predicted octanol–water partition coefficient (Wildman–Crippen LogP) is 2.67. The van der Waals surface area contributed by atoms with Crippen molar-refractivity contribution in [3.8, 4) is 0 Å². The molecule has 0 saturated heterocycles. The first-order chi connectivity index (χ1) is 12.3. The van der Waals surface area contributed by atoms with Gasteiger partial charge in [-0.1, -0.05) is 17.7 Å². The number of esters is 1. The average molecular weight is 388 g/mol. The van der Waals surface area contributed by atoms with E-state index in [-0.39, 0.29) is 24.0 Å². The minimum Gasteiger partial charge on any atom is -0.465 e. The molecule has 0 N–H and O–H groups in total. The normalized spacial score (nSPS) is 13.0. The Balaban J connectivity index is 2.76. The van der Waals surface area contributed by atoms with E-state index in [1.165, 1.54) is 19.1 Å². The van der Waals surface area contributed by atoms with Crippen LogP contribution in [-0.2, 0) is 33.3 Å². The van der Waals surface area contributed by atoms with E-state index in [9.17, 15) is 13.2 Å². The Hall–Kier alpha value is -1.48. The summed E-state index contributed by atoms with van der Waals surface area (Å²) in [6.45, 7) is 7.63. The summed E-state index contributed by atoms with van der Waals surface area (Å²) in [5.74, 6) is -0.831. The molecule has 0 fully saturated rings. The van der Waals surface area contributed by atoms with Crippen LogP contribution in [0.15, 0.2) is 29.2 Å². The molecule has 0 amide bonds. The molecular weight excluding hydrogens is 360 g/mol. The van der Waals surface area contributed by atoms with Gasteiger partial charge in [0.25, 0.3) is 10.1 Å². The van der Waals surface area contributed by atoms with Gasteiger partial charge < -0.3 is 14.2 Å². The quantitative estimate of drug-likeness (QED) is 0.309. The second kappa shape index (κ2) is 11.3. The van der Waals surface area contributed by atoms with Crippen molar-refractivity contribution < 1.29 is 31.6 Å². The van der Waals surface area contributed by atoms with Crippen LogP contribution in [-0.4, -0.2) is 47.1 Å². The maximum absolute atomic E-state index is 12.3. The lowest BCUT2D eigenvalue weighted by Gasteiger charge is -2.23. The molecule has 0 heterocycles. The lowest BCUT2D eigenvalue weighted by atomic mass is 10.1. The SMILES string of the molecule is CCOC(C[C@@H](COC(C)=O)COS(=O)(=O)c1ccc(C)cc1)OCC. The van der Waals surface area contributed by atoms with Crippen LogP contribution in [0.3, 0.4) is 0 Å². The first-order valence-corrected chi connectivity index (χ1v) is 10.0. The van der Waals surface area contributed by atoms with Crippen molar-refractivity contribution in [2.45, 2.75) is 45.3 Å². The zero-order chi connectivity index (χ0) is 19.6. The van der Waals surface area contributed by atoms with Crippen LogP contribution >= 0.6 is 0 Å². The maximum Gasteiger partial charge on any atom is 0.302 e. The molecule has 0 spiro atoms. The fraction of sp³-hybridized carbons (Fsp3) is 0.611. The van der Waals surface area contributed by atoms with E-state index >= 15 is 0 Å². The van der Waals surface area contributed by atoms with E-state index in [0.717, 1.165) is 5.56 Å². The maximum atomic E-state index is 12.3. The van der Waals surface area contributed by atoms with Gasteiger partial charge in [-0.3, -0.25) is 8.98 Å². The molecule has 7 nitrogen and oxygen atoms in total. The minimum atomic E-state index is -3.89. The molecule has 0 radical (unpaired) electrons. The Morgan fingerprint density at radius 2 is 1.62 bits per heavy atom. The van der Waals surface area contributed by atoms with Crippen molar-refractivity contribution in [2.24, 2.45) is 5.92 Å². The van der Waals surface area contributed by atoms with Crippen molar-refractivity contribution in [3.63, 3.8) is 0 Å². The Labute approximate surface area is 155 Å². The van der Waals surface area contributed by atoms with E-state index in [0.29, 0.717) is 19.6 Å². The number of hydrogen-bond acceptors (Lipinski definition) is 7. The molecule has 1 aromatic carbocycles. The first kappa shape index (κ1) is 22.6. The Morgan fingerprint density at radius 3 is 2.12 bits per heavy atom. The van der Waals surface area contributed by atoms with Gasteiger partial charge in [-0.15, -0.1) is 0 Å². The molecule has 0 aliphatic carbocycles. The molecule has 1 atom stereocenters. The highest BCUT2D eigenvalue weighted by Crippen LogP contribution is 2.18. The molecule has 0 bridgehead atoms. The summed E-state index contributed by atoms with van der Waals surface area (Å²) in [6.07, 6.45) is -0.172. The van der Waals surface area contributed by atoms with Gasteiger partial charge in [-0.2, -0.15) is 8.42 Å². The molecule has 0 aromatic heterocycles. The van der Waals surface area contributed by atoms with Gasteiger partial charge in [0.1, 0.15) is 0 Å². The van der Waals surface area contributed by atoms with E-state index in [2.05, 4.69) is 0 Å². The summed E-state index contributed by atoms with van der Waals surface area (Å²) in [5.41, 5.74) is 0.952. The number of carbonyl (C=O) groups is 1. The molecule has 0 saturated carbocycles. The fourth-order valence-corrected chi connectivity index (χ4v) is 3.18. The van der Waals surface area contributed by atoms with Crippen molar-refractivity contribution in [1.29, 1.82) is 0 Å². The van der Waals surface area contributed by atoms with Gasteiger partial charge in [0.2, 0.25) is 0 Å². The summed E-state index contributed by atoms with van der Waals surface area (Å²) >= 11 is 0. The molecule has 8 heteroatoms. The fourth-order valence-electron chi connectivity index (χ4n) is 2.21. The zero-order valence-electron chi connectivity index (χ0n) is 15.8. The highest BCUT2D eigenvalue weighted by atomic mass is 32.2. The summed E-state index contributed by atoms with van der Waals surface area (Å²) in [5, 5.41) is 0. The van der Waals surface area contributed by atoms with Crippen molar-refractivity contribution in [2.75, 3.05) is 26.4 Å². The van der Waals surface area contributed by atoms with Crippen LogP contribution in [0.1, 0.15) is 32.8 Å². The van der Waals surface area contributed by atoms with Crippen LogP contribution in [0.25, 0.3) is 0 Å². The van der Waals surface area contributed by atoms with Gasteiger partial charge in [-0.05, 0) is 32.9 Å². The standard InChI is InChI=1S/C18H28O7S/c1-5-22-18(23-6-2)11-16(12-24-15(4)19)13-25-26(20,21)17-9-7-14(3)8-10-17/h7-10,16,18H,5-6,11-13H2,1-4H3/t16-/m0/s1. The Morgan fingerprint density at radius 1 is 1.04 bits per heavy atom. The number of benzene rings is 1. The summed E-state index contributed by atoms with van der Waals surface area (Å²) in [6, 6.07) is 6.39.